The summed E-state index contributed by atoms with van der Waals surface area (Å²) in [7, 11) is 0. The zero-order chi connectivity index (χ0) is 17.2. The highest BCUT2D eigenvalue weighted by atomic mass is 16.4. The van der Waals surface area contributed by atoms with Gasteiger partial charge in [-0.05, 0) is 29.7 Å². The van der Waals surface area contributed by atoms with Crippen LogP contribution < -0.4 is 10.5 Å². The zero-order valence-corrected chi connectivity index (χ0v) is 13.7. The minimum atomic E-state index is -0.468. The first-order valence-corrected chi connectivity index (χ1v) is 8.34. The fraction of sp³-hybridized carbons (Fsp3) is 0.200. The fourth-order valence-corrected chi connectivity index (χ4v) is 3.20. The molecule has 0 spiro atoms. The molecule has 1 saturated heterocycles. The summed E-state index contributed by atoms with van der Waals surface area (Å²) < 4.78 is 5.26. The highest BCUT2D eigenvalue weighted by Crippen LogP contribution is 2.18. The quantitative estimate of drug-likeness (QED) is 0.723. The molecule has 1 aromatic heterocycles. The SMILES string of the molecule is O=C(c1cc2ccccc2c(=O)o1)N1CCN(c2ccccc2)CC1. The van der Waals surface area contributed by atoms with Crippen LogP contribution in [0, 0.1) is 0 Å². The van der Waals surface area contributed by atoms with Gasteiger partial charge < -0.3 is 14.2 Å². The number of piperazine rings is 1. The fourth-order valence-electron chi connectivity index (χ4n) is 3.20. The molecule has 0 unspecified atom stereocenters. The summed E-state index contributed by atoms with van der Waals surface area (Å²) in [5.41, 5.74) is 0.691. The molecule has 0 aliphatic carbocycles. The van der Waals surface area contributed by atoms with Gasteiger partial charge in [-0.2, -0.15) is 0 Å². The third kappa shape index (κ3) is 3.01. The summed E-state index contributed by atoms with van der Waals surface area (Å²) in [5, 5.41) is 1.22. The van der Waals surface area contributed by atoms with Gasteiger partial charge >= 0.3 is 5.63 Å². The number of nitrogens with zero attached hydrogens (tertiary/aromatic N) is 2. The van der Waals surface area contributed by atoms with Crippen LogP contribution in [0.2, 0.25) is 0 Å². The standard InChI is InChI=1S/C20H18N2O3/c23-19(18-14-15-6-4-5-9-17(15)20(24)25-18)22-12-10-21(11-13-22)16-7-2-1-3-8-16/h1-9,14H,10-13H2. The smallest absolute Gasteiger partial charge is 0.344 e. The number of benzene rings is 2. The molecule has 0 N–H and O–H groups in total. The predicted octanol–water partition coefficient (Wildman–Crippen LogP) is 2.76. The van der Waals surface area contributed by atoms with Gasteiger partial charge in [-0.25, -0.2) is 4.79 Å². The second-order valence-corrected chi connectivity index (χ2v) is 6.10. The molecule has 5 nitrogen and oxygen atoms in total. The van der Waals surface area contributed by atoms with Crippen LogP contribution in [-0.2, 0) is 0 Å². The summed E-state index contributed by atoms with van der Waals surface area (Å²) in [6, 6.07) is 18.9. The van der Waals surface area contributed by atoms with Crippen molar-refractivity contribution in [3.8, 4) is 0 Å². The van der Waals surface area contributed by atoms with Crippen LogP contribution >= 0.6 is 0 Å². The van der Waals surface area contributed by atoms with Crippen LogP contribution in [0.4, 0.5) is 5.69 Å². The average molecular weight is 334 g/mol. The number of amides is 1. The van der Waals surface area contributed by atoms with E-state index in [4.69, 9.17) is 4.42 Å². The molecule has 25 heavy (non-hydrogen) atoms. The number of anilines is 1. The van der Waals surface area contributed by atoms with Crippen molar-refractivity contribution in [2.75, 3.05) is 31.1 Å². The maximum absolute atomic E-state index is 12.7. The molecule has 1 fully saturated rings. The van der Waals surface area contributed by atoms with Gasteiger partial charge in [0.05, 0.1) is 5.39 Å². The molecule has 0 atom stereocenters. The molecule has 2 aromatic carbocycles. The van der Waals surface area contributed by atoms with Crippen molar-refractivity contribution in [1.82, 2.24) is 4.90 Å². The first kappa shape index (κ1) is 15.4. The van der Waals surface area contributed by atoms with Gasteiger partial charge in [0.15, 0.2) is 5.76 Å². The van der Waals surface area contributed by atoms with Crippen LogP contribution in [0.3, 0.4) is 0 Å². The Balaban J connectivity index is 1.52. The van der Waals surface area contributed by atoms with Crippen LogP contribution in [-0.4, -0.2) is 37.0 Å². The van der Waals surface area contributed by atoms with E-state index in [-0.39, 0.29) is 11.7 Å². The molecular formula is C20H18N2O3. The van der Waals surface area contributed by atoms with Crippen LogP contribution in [0.1, 0.15) is 10.6 Å². The van der Waals surface area contributed by atoms with E-state index < -0.39 is 5.63 Å². The van der Waals surface area contributed by atoms with Crippen LogP contribution in [0.25, 0.3) is 10.8 Å². The molecule has 0 bridgehead atoms. The Morgan fingerprint density at radius 1 is 0.880 bits per heavy atom. The summed E-state index contributed by atoms with van der Waals surface area (Å²) in [5.74, 6) is -0.118. The lowest BCUT2D eigenvalue weighted by atomic mass is 10.1. The lowest BCUT2D eigenvalue weighted by Gasteiger charge is -2.35. The van der Waals surface area contributed by atoms with Gasteiger partial charge in [-0.15, -0.1) is 0 Å². The molecule has 0 saturated carbocycles. The first-order chi connectivity index (χ1) is 12.2. The third-order valence-electron chi connectivity index (χ3n) is 4.57. The van der Waals surface area contributed by atoms with Crippen molar-refractivity contribution in [2.45, 2.75) is 0 Å². The maximum Gasteiger partial charge on any atom is 0.344 e. The number of rotatable bonds is 2. The lowest BCUT2D eigenvalue weighted by Crippen LogP contribution is -2.48. The topological polar surface area (TPSA) is 53.8 Å². The maximum atomic E-state index is 12.7. The number of hydrogen-bond donors (Lipinski definition) is 0. The largest absolute Gasteiger partial charge is 0.417 e. The number of carbonyl (C=O) groups excluding carboxylic acids is 1. The van der Waals surface area contributed by atoms with Gasteiger partial charge in [0.25, 0.3) is 5.91 Å². The molecule has 1 aliphatic heterocycles. The van der Waals surface area contributed by atoms with Crippen molar-refractivity contribution in [3.63, 3.8) is 0 Å². The highest BCUT2D eigenvalue weighted by molar-refractivity contribution is 5.95. The van der Waals surface area contributed by atoms with Gasteiger partial charge in [-0.3, -0.25) is 4.79 Å². The first-order valence-electron chi connectivity index (χ1n) is 8.34. The van der Waals surface area contributed by atoms with E-state index in [1.807, 2.05) is 30.3 Å². The van der Waals surface area contributed by atoms with Crippen molar-refractivity contribution >= 4 is 22.4 Å². The second kappa shape index (κ2) is 6.43. The molecule has 126 valence electrons. The van der Waals surface area contributed by atoms with E-state index >= 15 is 0 Å². The minimum absolute atomic E-state index is 0.108. The Morgan fingerprint density at radius 3 is 2.32 bits per heavy atom. The summed E-state index contributed by atoms with van der Waals surface area (Å²) in [6.45, 7) is 2.72. The van der Waals surface area contributed by atoms with E-state index in [2.05, 4.69) is 17.0 Å². The summed E-state index contributed by atoms with van der Waals surface area (Å²) in [6.07, 6.45) is 0. The summed E-state index contributed by atoms with van der Waals surface area (Å²) >= 11 is 0. The Hall–Kier alpha value is -3.08. The normalized spacial score (nSPS) is 14.7. The molecule has 2 heterocycles. The minimum Gasteiger partial charge on any atom is -0.417 e. The Bertz CT molecular complexity index is 957. The average Bonchev–Trinajstić information content (AvgIpc) is 2.68. The van der Waals surface area contributed by atoms with E-state index in [9.17, 15) is 9.59 Å². The predicted molar refractivity (Wildman–Crippen MR) is 97.0 cm³/mol. The van der Waals surface area contributed by atoms with Crippen molar-refractivity contribution in [1.29, 1.82) is 0 Å². The Kier molecular flexibility index (Phi) is 3.98. The van der Waals surface area contributed by atoms with Crippen LogP contribution in [0.5, 0.6) is 0 Å². The molecule has 5 heteroatoms. The number of hydrogen-bond acceptors (Lipinski definition) is 4. The molecule has 0 radical (unpaired) electrons. The van der Waals surface area contributed by atoms with E-state index in [0.717, 1.165) is 24.2 Å². The zero-order valence-electron chi connectivity index (χ0n) is 13.7. The lowest BCUT2D eigenvalue weighted by molar-refractivity contribution is 0.0710. The third-order valence-corrected chi connectivity index (χ3v) is 4.57. The second-order valence-electron chi connectivity index (χ2n) is 6.10. The molecular weight excluding hydrogens is 316 g/mol. The van der Waals surface area contributed by atoms with E-state index in [0.29, 0.717) is 18.5 Å². The molecule has 3 aromatic rings. The van der Waals surface area contributed by atoms with E-state index in [1.165, 1.54) is 0 Å². The number of carbonyl (C=O) groups is 1. The van der Waals surface area contributed by atoms with Gasteiger partial charge in [0.1, 0.15) is 0 Å². The Morgan fingerprint density at radius 2 is 1.56 bits per heavy atom. The molecule has 1 amide bonds. The van der Waals surface area contributed by atoms with Crippen molar-refractivity contribution in [2.24, 2.45) is 0 Å². The Labute approximate surface area is 145 Å². The molecule has 4 rings (SSSR count). The van der Waals surface area contributed by atoms with Crippen LogP contribution in [0.15, 0.2) is 69.9 Å². The number of fused-ring (bicyclic) bond motifs is 1. The van der Waals surface area contributed by atoms with Gasteiger partial charge in [0, 0.05) is 31.9 Å². The summed E-state index contributed by atoms with van der Waals surface area (Å²) in [4.78, 5) is 28.8. The highest BCUT2D eigenvalue weighted by Gasteiger charge is 2.24. The van der Waals surface area contributed by atoms with Gasteiger partial charge in [0.2, 0.25) is 0 Å². The monoisotopic (exact) mass is 334 g/mol. The van der Waals surface area contributed by atoms with Crippen molar-refractivity contribution < 1.29 is 9.21 Å². The van der Waals surface area contributed by atoms with E-state index in [1.54, 1.807) is 23.1 Å². The van der Waals surface area contributed by atoms with Gasteiger partial charge in [-0.1, -0.05) is 36.4 Å². The molecule has 1 aliphatic rings. The number of para-hydroxylation sites is 1. The van der Waals surface area contributed by atoms with Crippen molar-refractivity contribution in [3.05, 3.63) is 76.8 Å².